The van der Waals surface area contributed by atoms with E-state index in [1.807, 2.05) is 12.1 Å². The third-order valence-electron chi connectivity index (χ3n) is 5.67. The minimum atomic E-state index is 0.210. The molecule has 0 amide bonds. The molecule has 4 nitrogen and oxygen atoms in total. The van der Waals surface area contributed by atoms with Crippen molar-refractivity contribution in [2.24, 2.45) is 0 Å². The maximum atomic E-state index is 6.11. The van der Waals surface area contributed by atoms with E-state index in [0.29, 0.717) is 6.04 Å². The minimum absolute atomic E-state index is 0.210. The summed E-state index contributed by atoms with van der Waals surface area (Å²) in [5.74, 6) is 0.877. The third-order valence-corrected chi connectivity index (χ3v) is 6.80. The molecule has 2 aromatic rings. The SMILES string of the molecule is COc1ccc(N2CCNC(CCC3OCCc4cc(Br)ccc43)C2)c(Br)c1. The molecule has 2 atom stereocenters. The Morgan fingerprint density at radius 2 is 2.07 bits per heavy atom. The van der Waals surface area contributed by atoms with Gasteiger partial charge in [-0.2, -0.15) is 0 Å². The van der Waals surface area contributed by atoms with Crippen LogP contribution < -0.4 is 15.0 Å². The van der Waals surface area contributed by atoms with Gasteiger partial charge in [-0.1, -0.05) is 22.0 Å². The van der Waals surface area contributed by atoms with E-state index in [1.54, 1.807) is 7.11 Å². The Bertz CT molecular complexity index is 830. The van der Waals surface area contributed by atoms with Crippen LogP contribution in [0.25, 0.3) is 0 Å². The summed E-state index contributed by atoms with van der Waals surface area (Å²) in [5.41, 5.74) is 4.02. The first-order valence-electron chi connectivity index (χ1n) is 9.86. The lowest BCUT2D eigenvalue weighted by Gasteiger charge is -2.37. The van der Waals surface area contributed by atoms with Crippen molar-refractivity contribution in [3.05, 3.63) is 56.5 Å². The normalized spacial score (nSPS) is 22.0. The van der Waals surface area contributed by atoms with Crippen LogP contribution in [-0.4, -0.2) is 39.4 Å². The topological polar surface area (TPSA) is 33.7 Å². The zero-order valence-electron chi connectivity index (χ0n) is 16.1. The van der Waals surface area contributed by atoms with Gasteiger partial charge in [0, 0.05) is 34.6 Å². The molecule has 2 unspecified atom stereocenters. The number of rotatable bonds is 5. The number of hydrogen-bond acceptors (Lipinski definition) is 4. The number of ether oxygens (including phenoxy) is 2. The summed E-state index contributed by atoms with van der Waals surface area (Å²) in [6, 6.07) is 13.3. The molecule has 2 aliphatic heterocycles. The molecule has 0 aliphatic carbocycles. The molecule has 1 N–H and O–H groups in total. The number of halogens is 2. The van der Waals surface area contributed by atoms with Gasteiger partial charge in [0.15, 0.2) is 0 Å². The van der Waals surface area contributed by atoms with Gasteiger partial charge >= 0.3 is 0 Å². The van der Waals surface area contributed by atoms with Crippen LogP contribution in [0.2, 0.25) is 0 Å². The van der Waals surface area contributed by atoms with Crippen molar-refractivity contribution < 1.29 is 9.47 Å². The monoisotopic (exact) mass is 508 g/mol. The number of methoxy groups -OCH3 is 1. The van der Waals surface area contributed by atoms with Gasteiger partial charge in [-0.05, 0) is 76.7 Å². The largest absolute Gasteiger partial charge is 0.497 e. The number of fused-ring (bicyclic) bond motifs is 1. The Kier molecular flexibility index (Phi) is 6.61. The highest BCUT2D eigenvalue weighted by atomic mass is 79.9. The van der Waals surface area contributed by atoms with E-state index in [4.69, 9.17) is 9.47 Å². The first kappa shape index (κ1) is 20.2. The van der Waals surface area contributed by atoms with Crippen LogP contribution in [0, 0.1) is 0 Å². The molecule has 2 heterocycles. The number of piperazine rings is 1. The molecule has 0 spiro atoms. The maximum absolute atomic E-state index is 6.11. The lowest BCUT2D eigenvalue weighted by molar-refractivity contribution is 0.0332. The summed E-state index contributed by atoms with van der Waals surface area (Å²) >= 11 is 7.29. The van der Waals surface area contributed by atoms with Crippen molar-refractivity contribution >= 4 is 37.5 Å². The average Bonchev–Trinajstić information content (AvgIpc) is 2.72. The van der Waals surface area contributed by atoms with E-state index in [9.17, 15) is 0 Å². The number of nitrogens with one attached hydrogen (secondary N) is 1. The Balaban J connectivity index is 1.39. The highest BCUT2D eigenvalue weighted by Crippen LogP contribution is 2.34. The molecule has 6 heteroatoms. The highest BCUT2D eigenvalue weighted by Gasteiger charge is 2.25. The zero-order chi connectivity index (χ0) is 19.5. The fraction of sp³-hybridized carbons (Fsp3) is 0.455. The van der Waals surface area contributed by atoms with Gasteiger partial charge < -0.3 is 19.7 Å². The summed E-state index contributed by atoms with van der Waals surface area (Å²) in [6.07, 6.45) is 3.36. The second-order valence-electron chi connectivity index (χ2n) is 7.44. The molecular formula is C22H26Br2N2O2. The van der Waals surface area contributed by atoms with Gasteiger partial charge in [-0.3, -0.25) is 0 Å². The van der Waals surface area contributed by atoms with Crippen molar-refractivity contribution in [2.45, 2.75) is 31.4 Å². The molecule has 0 radical (unpaired) electrons. The van der Waals surface area contributed by atoms with E-state index in [-0.39, 0.29) is 6.10 Å². The number of benzene rings is 2. The van der Waals surface area contributed by atoms with Crippen molar-refractivity contribution in [1.82, 2.24) is 5.32 Å². The molecule has 4 rings (SSSR count). The smallest absolute Gasteiger partial charge is 0.120 e. The summed E-state index contributed by atoms with van der Waals surface area (Å²) in [4.78, 5) is 2.46. The Hall–Kier alpha value is -1.08. The summed E-state index contributed by atoms with van der Waals surface area (Å²) in [7, 11) is 1.70. The Morgan fingerprint density at radius 3 is 2.89 bits per heavy atom. The standard InChI is InChI=1S/C22H26Br2N2O2/c1-27-18-4-6-21(20(24)13-18)26-10-9-25-17(14-26)3-7-22-19-5-2-16(23)12-15(19)8-11-28-22/h2,4-6,12-13,17,22,25H,3,7-11,14H2,1H3. The van der Waals surface area contributed by atoms with Crippen LogP contribution in [0.1, 0.15) is 30.1 Å². The molecule has 0 aromatic heterocycles. The van der Waals surface area contributed by atoms with Crippen LogP contribution in [0.4, 0.5) is 5.69 Å². The van der Waals surface area contributed by atoms with Crippen molar-refractivity contribution in [3.8, 4) is 5.75 Å². The number of hydrogen-bond donors (Lipinski definition) is 1. The van der Waals surface area contributed by atoms with E-state index in [0.717, 1.165) is 60.2 Å². The molecule has 1 saturated heterocycles. The number of anilines is 1. The summed E-state index contributed by atoms with van der Waals surface area (Å²) in [5, 5.41) is 3.69. The van der Waals surface area contributed by atoms with Crippen LogP contribution >= 0.6 is 31.9 Å². The predicted octanol–water partition coefficient (Wildman–Crippen LogP) is 5.09. The number of nitrogens with zero attached hydrogens (tertiary/aromatic N) is 1. The second-order valence-corrected chi connectivity index (χ2v) is 9.21. The fourth-order valence-electron chi connectivity index (χ4n) is 4.21. The van der Waals surface area contributed by atoms with E-state index >= 15 is 0 Å². The van der Waals surface area contributed by atoms with E-state index in [2.05, 4.69) is 66.3 Å². The molecule has 0 bridgehead atoms. The van der Waals surface area contributed by atoms with Gasteiger partial charge in [0.1, 0.15) is 5.75 Å². The lowest BCUT2D eigenvalue weighted by atomic mass is 9.93. The van der Waals surface area contributed by atoms with Crippen molar-refractivity contribution in [1.29, 1.82) is 0 Å². The van der Waals surface area contributed by atoms with Gasteiger partial charge in [0.2, 0.25) is 0 Å². The van der Waals surface area contributed by atoms with E-state index in [1.165, 1.54) is 16.8 Å². The molecule has 28 heavy (non-hydrogen) atoms. The maximum Gasteiger partial charge on any atom is 0.120 e. The van der Waals surface area contributed by atoms with Gasteiger partial charge in [-0.15, -0.1) is 0 Å². The van der Waals surface area contributed by atoms with Crippen molar-refractivity contribution in [2.75, 3.05) is 38.3 Å². The van der Waals surface area contributed by atoms with Gasteiger partial charge in [0.25, 0.3) is 0 Å². The Morgan fingerprint density at radius 1 is 1.18 bits per heavy atom. The lowest BCUT2D eigenvalue weighted by Crippen LogP contribution is -2.51. The summed E-state index contributed by atoms with van der Waals surface area (Å²) in [6.45, 7) is 3.83. The highest BCUT2D eigenvalue weighted by molar-refractivity contribution is 9.10. The average molecular weight is 510 g/mol. The third kappa shape index (κ3) is 4.56. The predicted molar refractivity (Wildman–Crippen MR) is 120 cm³/mol. The Labute approximate surface area is 183 Å². The van der Waals surface area contributed by atoms with Crippen LogP contribution in [0.5, 0.6) is 5.75 Å². The molecule has 0 saturated carbocycles. The van der Waals surface area contributed by atoms with Crippen LogP contribution in [0.3, 0.4) is 0 Å². The van der Waals surface area contributed by atoms with Gasteiger partial charge in [-0.25, -0.2) is 0 Å². The minimum Gasteiger partial charge on any atom is -0.497 e. The fourth-order valence-corrected chi connectivity index (χ4v) is 5.22. The quantitative estimate of drug-likeness (QED) is 0.608. The second kappa shape index (κ2) is 9.16. The zero-order valence-corrected chi connectivity index (χ0v) is 19.3. The molecule has 150 valence electrons. The first-order chi connectivity index (χ1) is 13.6. The van der Waals surface area contributed by atoms with Crippen molar-refractivity contribution in [3.63, 3.8) is 0 Å². The van der Waals surface area contributed by atoms with Crippen LogP contribution in [0.15, 0.2) is 45.3 Å². The molecular weight excluding hydrogens is 484 g/mol. The first-order valence-corrected chi connectivity index (χ1v) is 11.4. The molecule has 1 fully saturated rings. The van der Waals surface area contributed by atoms with Gasteiger partial charge in [0.05, 0.1) is 25.5 Å². The molecule has 2 aromatic carbocycles. The molecule has 2 aliphatic rings. The van der Waals surface area contributed by atoms with E-state index < -0.39 is 0 Å². The van der Waals surface area contributed by atoms with Crippen LogP contribution in [-0.2, 0) is 11.2 Å². The summed E-state index contributed by atoms with van der Waals surface area (Å²) < 4.78 is 13.7.